The van der Waals surface area contributed by atoms with Crippen LogP contribution in [0.1, 0.15) is 75.6 Å². The number of aryl methyl sites for hydroxylation is 1. The maximum Gasteiger partial charge on any atom is 0.0137 e. The van der Waals surface area contributed by atoms with Crippen molar-refractivity contribution in [2.45, 2.75) is 59.8 Å². The van der Waals surface area contributed by atoms with Crippen molar-refractivity contribution < 1.29 is 0 Å². The van der Waals surface area contributed by atoms with E-state index in [4.69, 9.17) is 0 Å². The molecule has 1 unspecified atom stereocenters. The van der Waals surface area contributed by atoms with Crippen LogP contribution in [0.3, 0.4) is 0 Å². The van der Waals surface area contributed by atoms with Gasteiger partial charge in [0.25, 0.3) is 0 Å². The lowest BCUT2D eigenvalue weighted by Gasteiger charge is -2.23. The molecule has 144 valence electrons. The van der Waals surface area contributed by atoms with E-state index in [0.717, 1.165) is 0 Å². The van der Waals surface area contributed by atoms with Crippen molar-refractivity contribution in [3.8, 4) is 0 Å². The SMILES string of the molecule is CCCCc1ccc(C2=CC(C3C(C)=C(C)C(C)=C3C)c3ccccc32)cc1. The van der Waals surface area contributed by atoms with Gasteiger partial charge >= 0.3 is 0 Å². The van der Waals surface area contributed by atoms with Gasteiger partial charge in [-0.05, 0) is 79.5 Å². The topological polar surface area (TPSA) is 0 Å². The zero-order valence-electron chi connectivity index (χ0n) is 18.0. The van der Waals surface area contributed by atoms with Crippen LogP contribution in [0.4, 0.5) is 0 Å². The predicted molar refractivity (Wildman–Crippen MR) is 122 cm³/mol. The molecule has 0 bridgehead atoms. The Bertz CT molecular complexity index is 955. The standard InChI is InChI=1S/C28H32/c1-6-7-10-22-13-15-23(16-14-22)26-17-27(25-12-9-8-11-24(25)26)28-20(4)18(2)19(3)21(28)5/h8-9,11-17,27-28H,6-7,10H2,1-5H3. The third-order valence-electron chi connectivity index (χ3n) is 7.08. The van der Waals surface area contributed by atoms with Gasteiger partial charge in [0.2, 0.25) is 0 Å². The summed E-state index contributed by atoms with van der Waals surface area (Å²) in [5.41, 5.74) is 13.2. The summed E-state index contributed by atoms with van der Waals surface area (Å²) in [5.74, 6) is 0.945. The molecule has 0 heterocycles. The van der Waals surface area contributed by atoms with Crippen molar-refractivity contribution in [3.05, 3.63) is 99.2 Å². The van der Waals surface area contributed by atoms with Gasteiger partial charge in [-0.25, -0.2) is 0 Å². The molecule has 2 aliphatic rings. The highest BCUT2D eigenvalue weighted by Gasteiger charge is 2.35. The molecule has 0 spiro atoms. The first-order valence-corrected chi connectivity index (χ1v) is 10.8. The number of benzene rings is 2. The molecule has 0 fully saturated rings. The van der Waals surface area contributed by atoms with E-state index in [-0.39, 0.29) is 0 Å². The number of rotatable bonds is 5. The molecule has 4 rings (SSSR count). The third-order valence-corrected chi connectivity index (χ3v) is 7.08. The number of fused-ring (bicyclic) bond motifs is 1. The largest absolute Gasteiger partial charge is 0.0676 e. The Labute approximate surface area is 170 Å². The first kappa shape index (κ1) is 19.0. The van der Waals surface area contributed by atoms with Crippen molar-refractivity contribution in [2.75, 3.05) is 0 Å². The lowest BCUT2D eigenvalue weighted by molar-refractivity contribution is 0.648. The second-order valence-corrected chi connectivity index (χ2v) is 8.59. The first-order chi connectivity index (χ1) is 13.5. The van der Waals surface area contributed by atoms with Crippen molar-refractivity contribution >= 4 is 5.57 Å². The number of allylic oxidation sites excluding steroid dienone is 5. The minimum absolute atomic E-state index is 0.443. The molecule has 0 N–H and O–H groups in total. The smallest absolute Gasteiger partial charge is 0.0137 e. The van der Waals surface area contributed by atoms with Crippen molar-refractivity contribution in [3.63, 3.8) is 0 Å². The molecular formula is C28H32. The molecule has 0 aromatic heterocycles. The molecule has 0 heteroatoms. The number of hydrogen-bond acceptors (Lipinski definition) is 0. The highest BCUT2D eigenvalue weighted by Crippen LogP contribution is 2.51. The van der Waals surface area contributed by atoms with E-state index in [1.54, 1.807) is 11.1 Å². The van der Waals surface area contributed by atoms with E-state index >= 15 is 0 Å². The summed E-state index contributed by atoms with van der Waals surface area (Å²) in [4.78, 5) is 0. The fourth-order valence-electron chi connectivity index (χ4n) is 5.07. The molecule has 0 aliphatic heterocycles. The Hall–Kier alpha value is -2.34. The summed E-state index contributed by atoms with van der Waals surface area (Å²) in [5, 5.41) is 0. The van der Waals surface area contributed by atoms with E-state index in [9.17, 15) is 0 Å². The molecule has 0 radical (unpaired) electrons. The zero-order chi connectivity index (χ0) is 19.8. The van der Waals surface area contributed by atoms with Crippen molar-refractivity contribution in [2.24, 2.45) is 5.92 Å². The summed E-state index contributed by atoms with van der Waals surface area (Å²) >= 11 is 0. The summed E-state index contributed by atoms with van der Waals surface area (Å²) in [6, 6.07) is 18.3. The third kappa shape index (κ3) is 3.09. The summed E-state index contributed by atoms with van der Waals surface area (Å²) < 4.78 is 0. The van der Waals surface area contributed by atoms with Gasteiger partial charge in [0.1, 0.15) is 0 Å². The highest BCUT2D eigenvalue weighted by molar-refractivity contribution is 5.86. The van der Waals surface area contributed by atoms with E-state index in [1.807, 2.05) is 0 Å². The molecule has 28 heavy (non-hydrogen) atoms. The Morgan fingerprint density at radius 3 is 2.07 bits per heavy atom. The van der Waals surface area contributed by atoms with Gasteiger partial charge in [-0.1, -0.05) is 79.1 Å². The number of unbranched alkanes of at least 4 members (excludes halogenated alkanes) is 1. The van der Waals surface area contributed by atoms with Crippen LogP contribution in [-0.2, 0) is 6.42 Å². The monoisotopic (exact) mass is 368 g/mol. The van der Waals surface area contributed by atoms with Crippen LogP contribution in [-0.4, -0.2) is 0 Å². The van der Waals surface area contributed by atoms with Crippen LogP contribution in [0, 0.1) is 5.92 Å². The van der Waals surface area contributed by atoms with E-state index in [0.29, 0.717) is 11.8 Å². The van der Waals surface area contributed by atoms with E-state index < -0.39 is 0 Å². The fraction of sp³-hybridized carbons (Fsp3) is 0.357. The highest BCUT2D eigenvalue weighted by atomic mass is 14.4. The second kappa shape index (κ2) is 7.59. The minimum Gasteiger partial charge on any atom is -0.0676 e. The van der Waals surface area contributed by atoms with Gasteiger partial charge in [0, 0.05) is 11.8 Å². The predicted octanol–water partition coefficient (Wildman–Crippen LogP) is 7.86. The fourth-order valence-corrected chi connectivity index (χ4v) is 5.07. The Balaban J connectivity index is 1.74. The average molecular weight is 369 g/mol. The minimum atomic E-state index is 0.443. The van der Waals surface area contributed by atoms with Crippen LogP contribution in [0.5, 0.6) is 0 Å². The molecule has 2 aromatic carbocycles. The van der Waals surface area contributed by atoms with Gasteiger partial charge in [-0.2, -0.15) is 0 Å². The Kier molecular flexibility index (Phi) is 5.15. The first-order valence-electron chi connectivity index (χ1n) is 10.8. The summed E-state index contributed by atoms with van der Waals surface area (Å²) in [6.45, 7) is 11.5. The zero-order valence-corrected chi connectivity index (χ0v) is 18.0. The van der Waals surface area contributed by atoms with Crippen LogP contribution in [0.25, 0.3) is 5.57 Å². The van der Waals surface area contributed by atoms with Crippen LogP contribution in [0.15, 0.2) is 76.9 Å². The summed E-state index contributed by atoms with van der Waals surface area (Å²) in [7, 11) is 0. The van der Waals surface area contributed by atoms with Gasteiger partial charge < -0.3 is 0 Å². The van der Waals surface area contributed by atoms with E-state index in [2.05, 4.69) is 89.2 Å². The van der Waals surface area contributed by atoms with Crippen LogP contribution in [0.2, 0.25) is 0 Å². The van der Waals surface area contributed by atoms with Crippen LogP contribution < -0.4 is 0 Å². The lowest BCUT2D eigenvalue weighted by Crippen LogP contribution is -2.11. The van der Waals surface area contributed by atoms with Gasteiger partial charge in [0.15, 0.2) is 0 Å². The van der Waals surface area contributed by atoms with Crippen molar-refractivity contribution in [1.29, 1.82) is 0 Å². The molecule has 0 amide bonds. The quantitative estimate of drug-likeness (QED) is 0.504. The van der Waals surface area contributed by atoms with Gasteiger partial charge in [-0.15, -0.1) is 0 Å². The van der Waals surface area contributed by atoms with Crippen molar-refractivity contribution in [1.82, 2.24) is 0 Å². The second-order valence-electron chi connectivity index (χ2n) is 8.59. The van der Waals surface area contributed by atoms with Crippen LogP contribution >= 0.6 is 0 Å². The molecular weight excluding hydrogens is 336 g/mol. The molecule has 2 aromatic rings. The van der Waals surface area contributed by atoms with E-state index in [1.165, 1.54) is 58.2 Å². The maximum absolute atomic E-state index is 2.54. The Morgan fingerprint density at radius 1 is 0.786 bits per heavy atom. The van der Waals surface area contributed by atoms with Gasteiger partial charge in [0.05, 0.1) is 0 Å². The number of hydrogen-bond donors (Lipinski definition) is 0. The molecule has 0 nitrogen and oxygen atoms in total. The normalized spacial score (nSPS) is 19.5. The maximum atomic E-state index is 2.54. The lowest BCUT2D eigenvalue weighted by atomic mass is 9.81. The summed E-state index contributed by atoms with van der Waals surface area (Å²) in [6.07, 6.45) is 6.24. The Morgan fingerprint density at radius 2 is 1.43 bits per heavy atom. The average Bonchev–Trinajstić information content (AvgIpc) is 3.18. The molecule has 2 aliphatic carbocycles. The molecule has 1 atom stereocenters. The molecule has 0 saturated heterocycles. The van der Waals surface area contributed by atoms with Gasteiger partial charge in [-0.3, -0.25) is 0 Å². The molecule has 0 saturated carbocycles.